The van der Waals surface area contributed by atoms with E-state index in [2.05, 4.69) is 32.8 Å². The van der Waals surface area contributed by atoms with Gasteiger partial charge in [0.2, 0.25) is 0 Å². The predicted molar refractivity (Wildman–Crippen MR) is 53.0 cm³/mol. The van der Waals surface area contributed by atoms with Crippen molar-refractivity contribution in [3.63, 3.8) is 0 Å². The SMILES string of the molecule is CCCCCc1ncc(Br)cn1. The Bertz CT molecular complexity index is 220. The summed E-state index contributed by atoms with van der Waals surface area (Å²) in [5, 5.41) is 0. The molecule has 0 bridgehead atoms. The summed E-state index contributed by atoms with van der Waals surface area (Å²) in [5.41, 5.74) is 0. The molecule has 0 saturated carbocycles. The van der Waals surface area contributed by atoms with Gasteiger partial charge in [0.1, 0.15) is 5.82 Å². The maximum Gasteiger partial charge on any atom is 0.128 e. The van der Waals surface area contributed by atoms with Gasteiger partial charge in [-0.15, -0.1) is 0 Å². The third kappa shape index (κ3) is 3.30. The summed E-state index contributed by atoms with van der Waals surface area (Å²) in [7, 11) is 0. The summed E-state index contributed by atoms with van der Waals surface area (Å²) >= 11 is 3.30. The van der Waals surface area contributed by atoms with Crippen molar-refractivity contribution in [3.8, 4) is 0 Å². The highest BCUT2D eigenvalue weighted by Crippen LogP contribution is 2.06. The van der Waals surface area contributed by atoms with Crippen LogP contribution in [0.5, 0.6) is 0 Å². The Hall–Kier alpha value is -0.440. The molecule has 0 radical (unpaired) electrons. The topological polar surface area (TPSA) is 25.8 Å². The summed E-state index contributed by atoms with van der Waals surface area (Å²) in [6.07, 6.45) is 8.30. The molecule has 0 spiro atoms. The fourth-order valence-electron chi connectivity index (χ4n) is 1.00. The molecule has 1 heterocycles. The molecule has 0 saturated heterocycles. The number of hydrogen-bond acceptors (Lipinski definition) is 2. The third-order valence-corrected chi connectivity index (χ3v) is 2.09. The van der Waals surface area contributed by atoms with Crippen LogP contribution in [0.4, 0.5) is 0 Å². The van der Waals surface area contributed by atoms with Gasteiger partial charge in [0.25, 0.3) is 0 Å². The summed E-state index contributed by atoms with van der Waals surface area (Å²) < 4.78 is 0.946. The van der Waals surface area contributed by atoms with Crippen molar-refractivity contribution < 1.29 is 0 Å². The Morgan fingerprint density at radius 1 is 1.25 bits per heavy atom. The van der Waals surface area contributed by atoms with E-state index in [1.807, 2.05) is 0 Å². The molecule has 0 N–H and O–H groups in total. The van der Waals surface area contributed by atoms with Crippen molar-refractivity contribution in [2.45, 2.75) is 32.6 Å². The van der Waals surface area contributed by atoms with Gasteiger partial charge in [0, 0.05) is 18.8 Å². The van der Waals surface area contributed by atoms with Crippen LogP contribution in [-0.2, 0) is 6.42 Å². The normalized spacial score (nSPS) is 10.2. The number of halogens is 1. The van der Waals surface area contributed by atoms with Gasteiger partial charge in [-0.25, -0.2) is 9.97 Å². The minimum atomic E-state index is 0.946. The monoisotopic (exact) mass is 228 g/mol. The summed E-state index contributed by atoms with van der Waals surface area (Å²) in [4.78, 5) is 8.38. The minimum Gasteiger partial charge on any atom is -0.240 e. The van der Waals surface area contributed by atoms with Gasteiger partial charge in [-0.05, 0) is 22.4 Å². The molecule has 1 rings (SSSR count). The van der Waals surface area contributed by atoms with Crippen molar-refractivity contribution in [1.82, 2.24) is 9.97 Å². The number of unbranched alkanes of at least 4 members (excludes halogenated alkanes) is 2. The molecule has 1 aromatic heterocycles. The Morgan fingerprint density at radius 3 is 2.50 bits per heavy atom. The van der Waals surface area contributed by atoms with E-state index in [1.54, 1.807) is 12.4 Å². The van der Waals surface area contributed by atoms with E-state index < -0.39 is 0 Å². The largest absolute Gasteiger partial charge is 0.240 e. The first kappa shape index (κ1) is 9.65. The fourth-order valence-corrected chi connectivity index (χ4v) is 1.21. The lowest BCUT2D eigenvalue weighted by Crippen LogP contribution is -1.93. The molecular formula is C9H13BrN2. The Labute approximate surface area is 81.6 Å². The van der Waals surface area contributed by atoms with Crippen molar-refractivity contribution in [2.24, 2.45) is 0 Å². The average molecular weight is 229 g/mol. The van der Waals surface area contributed by atoms with Crippen LogP contribution < -0.4 is 0 Å². The van der Waals surface area contributed by atoms with E-state index in [4.69, 9.17) is 0 Å². The second-order valence-corrected chi connectivity index (χ2v) is 3.69. The fraction of sp³-hybridized carbons (Fsp3) is 0.556. The smallest absolute Gasteiger partial charge is 0.128 e. The molecule has 12 heavy (non-hydrogen) atoms. The van der Waals surface area contributed by atoms with Gasteiger partial charge in [-0.2, -0.15) is 0 Å². The standard InChI is InChI=1S/C9H13BrN2/c1-2-3-4-5-9-11-6-8(10)7-12-9/h6-7H,2-5H2,1H3. The molecule has 3 heteroatoms. The molecule has 0 fully saturated rings. The van der Waals surface area contributed by atoms with E-state index in [-0.39, 0.29) is 0 Å². The van der Waals surface area contributed by atoms with Crippen LogP contribution in [0.25, 0.3) is 0 Å². The molecule has 66 valence electrons. The van der Waals surface area contributed by atoms with Crippen LogP contribution in [0.3, 0.4) is 0 Å². The van der Waals surface area contributed by atoms with Gasteiger partial charge in [0.15, 0.2) is 0 Å². The minimum absolute atomic E-state index is 0.946. The molecule has 2 nitrogen and oxygen atoms in total. The molecule has 0 aliphatic rings. The van der Waals surface area contributed by atoms with Crippen LogP contribution >= 0.6 is 15.9 Å². The highest BCUT2D eigenvalue weighted by molar-refractivity contribution is 9.10. The van der Waals surface area contributed by atoms with Crippen LogP contribution in [0.2, 0.25) is 0 Å². The van der Waals surface area contributed by atoms with E-state index in [0.29, 0.717) is 0 Å². The first-order valence-corrected chi connectivity index (χ1v) is 5.08. The van der Waals surface area contributed by atoms with Crippen LogP contribution in [-0.4, -0.2) is 9.97 Å². The number of hydrogen-bond donors (Lipinski definition) is 0. The average Bonchev–Trinajstić information content (AvgIpc) is 2.09. The van der Waals surface area contributed by atoms with Crippen LogP contribution in [0, 0.1) is 0 Å². The van der Waals surface area contributed by atoms with Crippen molar-refractivity contribution in [1.29, 1.82) is 0 Å². The lowest BCUT2D eigenvalue weighted by Gasteiger charge is -1.97. The second-order valence-electron chi connectivity index (χ2n) is 2.77. The quantitative estimate of drug-likeness (QED) is 0.741. The number of nitrogens with zero attached hydrogens (tertiary/aromatic N) is 2. The van der Waals surface area contributed by atoms with Gasteiger partial charge >= 0.3 is 0 Å². The van der Waals surface area contributed by atoms with Gasteiger partial charge < -0.3 is 0 Å². The first-order valence-electron chi connectivity index (χ1n) is 4.29. The van der Waals surface area contributed by atoms with Gasteiger partial charge in [-0.3, -0.25) is 0 Å². The number of aryl methyl sites for hydroxylation is 1. The van der Waals surface area contributed by atoms with Crippen LogP contribution in [0.15, 0.2) is 16.9 Å². The highest BCUT2D eigenvalue weighted by atomic mass is 79.9. The number of aromatic nitrogens is 2. The van der Waals surface area contributed by atoms with E-state index in [9.17, 15) is 0 Å². The lowest BCUT2D eigenvalue weighted by atomic mass is 10.2. The molecular weight excluding hydrogens is 216 g/mol. The summed E-state index contributed by atoms with van der Waals surface area (Å²) in [6, 6.07) is 0. The van der Waals surface area contributed by atoms with Gasteiger partial charge in [-0.1, -0.05) is 19.8 Å². The molecule has 0 aliphatic heterocycles. The van der Waals surface area contributed by atoms with Crippen molar-refractivity contribution >= 4 is 15.9 Å². The lowest BCUT2D eigenvalue weighted by molar-refractivity contribution is 0.693. The van der Waals surface area contributed by atoms with E-state index >= 15 is 0 Å². The van der Waals surface area contributed by atoms with E-state index in [0.717, 1.165) is 16.7 Å². The van der Waals surface area contributed by atoms with Gasteiger partial charge in [0.05, 0.1) is 4.47 Å². The molecule has 0 aliphatic carbocycles. The molecule has 0 atom stereocenters. The molecule has 1 aromatic rings. The van der Waals surface area contributed by atoms with E-state index in [1.165, 1.54) is 19.3 Å². The molecule has 0 amide bonds. The van der Waals surface area contributed by atoms with Crippen molar-refractivity contribution in [3.05, 3.63) is 22.7 Å². The zero-order valence-electron chi connectivity index (χ0n) is 7.26. The third-order valence-electron chi connectivity index (χ3n) is 1.68. The summed E-state index contributed by atoms with van der Waals surface area (Å²) in [6.45, 7) is 2.20. The predicted octanol–water partition coefficient (Wildman–Crippen LogP) is 2.97. The first-order chi connectivity index (χ1) is 5.83. The highest BCUT2D eigenvalue weighted by Gasteiger charge is 1.95. The Balaban J connectivity index is 2.37. The molecule has 0 aromatic carbocycles. The Morgan fingerprint density at radius 2 is 1.92 bits per heavy atom. The van der Waals surface area contributed by atoms with Crippen LogP contribution in [0.1, 0.15) is 32.0 Å². The maximum absolute atomic E-state index is 4.19. The number of rotatable bonds is 4. The summed E-state index contributed by atoms with van der Waals surface area (Å²) in [5.74, 6) is 0.951. The second kappa shape index (κ2) is 5.25. The molecule has 0 unspecified atom stereocenters. The zero-order chi connectivity index (χ0) is 8.81. The maximum atomic E-state index is 4.19. The van der Waals surface area contributed by atoms with Crippen molar-refractivity contribution in [2.75, 3.05) is 0 Å². The Kier molecular flexibility index (Phi) is 4.22. The zero-order valence-corrected chi connectivity index (χ0v) is 8.84.